The summed E-state index contributed by atoms with van der Waals surface area (Å²) in [6.07, 6.45) is 1.99. The number of hydrogen-bond acceptors (Lipinski definition) is 4. The summed E-state index contributed by atoms with van der Waals surface area (Å²) >= 11 is 0. The van der Waals surface area contributed by atoms with Crippen molar-refractivity contribution in [1.82, 2.24) is 16.0 Å². The van der Waals surface area contributed by atoms with E-state index in [1.807, 2.05) is 6.92 Å². The lowest BCUT2D eigenvalue weighted by molar-refractivity contribution is -0.120. The van der Waals surface area contributed by atoms with Crippen LogP contribution in [0.1, 0.15) is 18.1 Å². The predicted octanol–water partition coefficient (Wildman–Crippen LogP) is 2.30. The standard InChI is InChI=1S/C22H29FN4O3S.HI/c1-3-24-22(26-12-11-17-7-9-20(10-8-17)31(2,29)30)27-14-13-25-21(28)16-18-5-4-6-19(23)15-18;/h4-10,15H,3,11-14,16H2,1-2H3,(H,25,28)(H2,24,26,27);1H. The SMILES string of the molecule is CCNC(=NCCc1ccc(S(C)(=O)=O)cc1)NCCNC(=O)Cc1cccc(F)c1.I. The molecule has 0 aliphatic rings. The first-order chi connectivity index (χ1) is 14.8. The van der Waals surface area contributed by atoms with Crippen LogP contribution in [0, 0.1) is 5.82 Å². The Bertz CT molecular complexity index is 998. The fourth-order valence-electron chi connectivity index (χ4n) is 2.82. The highest BCUT2D eigenvalue weighted by Crippen LogP contribution is 2.10. The van der Waals surface area contributed by atoms with Crippen LogP contribution in [0.3, 0.4) is 0 Å². The van der Waals surface area contributed by atoms with Gasteiger partial charge < -0.3 is 16.0 Å². The van der Waals surface area contributed by atoms with E-state index in [1.54, 1.807) is 36.4 Å². The molecule has 0 aromatic heterocycles. The average Bonchev–Trinajstić information content (AvgIpc) is 2.71. The van der Waals surface area contributed by atoms with Gasteiger partial charge in [-0.25, -0.2) is 12.8 Å². The number of rotatable bonds is 10. The average molecular weight is 576 g/mol. The summed E-state index contributed by atoms with van der Waals surface area (Å²) < 4.78 is 36.2. The van der Waals surface area contributed by atoms with Crippen LogP contribution in [0.2, 0.25) is 0 Å². The number of benzene rings is 2. The van der Waals surface area contributed by atoms with Gasteiger partial charge in [0.25, 0.3) is 0 Å². The second kappa shape index (κ2) is 14.0. The summed E-state index contributed by atoms with van der Waals surface area (Å²) in [6, 6.07) is 12.8. The summed E-state index contributed by atoms with van der Waals surface area (Å²) in [4.78, 5) is 16.8. The molecule has 0 aliphatic heterocycles. The van der Waals surface area contributed by atoms with Crippen molar-refractivity contribution in [2.24, 2.45) is 4.99 Å². The number of nitrogens with one attached hydrogen (secondary N) is 3. The molecular formula is C22H30FIN4O3S. The molecule has 32 heavy (non-hydrogen) atoms. The van der Waals surface area contributed by atoms with Crippen LogP contribution in [0.15, 0.2) is 58.4 Å². The van der Waals surface area contributed by atoms with Gasteiger partial charge >= 0.3 is 0 Å². The fraction of sp³-hybridized carbons (Fsp3) is 0.364. The Hall–Kier alpha value is -2.21. The van der Waals surface area contributed by atoms with E-state index in [-0.39, 0.29) is 42.1 Å². The van der Waals surface area contributed by atoms with Gasteiger partial charge in [0.1, 0.15) is 5.82 Å². The fourth-order valence-corrected chi connectivity index (χ4v) is 3.45. The Morgan fingerprint density at radius 2 is 1.69 bits per heavy atom. The zero-order chi connectivity index (χ0) is 22.7. The molecule has 0 spiro atoms. The number of carbonyl (C=O) groups is 1. The monoisotopic (exact) mass is 576 g/mol. The normalized spacial score (nSPS) is 11.4. The maximum Gasteiger partial charge on any atom is 0.224 e. The molecule has 0 aliphatic carbocycles. The van der Waals surface area contributed by atoms with E-state index >= 15 is 0 Å². The largest absolute Gasteiger partial charge is 0.357 e. The third-order valence-corrected chi connectivity index (χ3v) is 5.49. The third kappa shape index (κ3) is 10.4. The van der Waals surface area contributed by atoms with E-state index in [0.717, 1.165) is 5.56 Å². The van der Waals surface area contributed by atoms with Crippen molar-refractivity contribution in [2.75, 3.05) is 32.4 Å². The summed E-state index contributed by atoms with van der Waals surface area (Å²) in [5.74, 6) is 0.103. The minimum absolute atomic E-state index is 0. The quantitative estimate of drug-likeness (QED) is 0.175. The zero-order valence-corrected chi connectivity index (χ0v) is 21.4. The van der Waals surface area contributed by atoms with Gasteiger partial charge in [-0.05, 0) is 48.7 Å². The first-order valence-corrected chi connectivity index (χ1v) is 12.0. The van der Waals surface area contributed by atoms with Crippen molar-refractivity contribution < 1.29 is 17.6 Å². The molecule has 176 valence electrons. The number of sulfone groups is 1. The van der Waals surface area contributed by atoms with Gasteiger partial charge in [-0.1, -0.05) is 24.3 Å². The van der Waals surface area contributed by atoms with Crippen LogP contribution in [-0.2, 0) is 27.5 Å². The summed E-state index contributed by atoms with van der Waals surface area (Å²) in [7, 11) is -3.19. The number of aliphatic imine (C=N–C) groups is 1. The third-order valence-electron chi connectivity index (χ3n) is 4.36. The van der Waals surface area contributed by atoms with Crippen LogP contribution in [0.25, 0.3) is 0 Å². The first-order valence-electron chi connectivity index (χ1n) is 10.1. The van der Waals surface area contributed by atoms with E-state index in [1.165, 1.54) is 18.4 Å². The zero-order valence-electron chi connectivity index (χ0n) is 18.2. The van der Waals surface area contributed by atoms with Gasteiger partial charge in [0, 0.05) is 32.4 Å². The van der Waals surface area contributed by atoms with Gasteiger partial charge in [0.05, 0.1) is 11.3 Å². The van der Waals surface area contributed by atoms with Crippen LogP contribution in [-0.4, -0.2) is 52.7 Å². The minimum atomic E-state index is -3.19. The Morgan fingerprint density at radius 1 is 1.00 bits per heavy atom. The van der Waals surface area contributed by atoms with Crippen LogP contribution < -0.4 is 16.0 Å². The second-order valence-electron chi connectivity index (χ2n) is 7.01. The van der Waals surface area contributed by atoms with Gasteiger partial charge in [-0.2, -0.15) is 0 Å². The number of amides is 1. The molecule has 0 atom stereocenters. The molecule has 3 N–H and O–H groups in total. The molecule has 0 unspecified atom stereocenters. The van der Waals surface area contributed by atoms with Crippen LogP contribution in [0.4, 0.5) is 4.39 Å². The van der Waals surface area contributed by atoms with E-state index in [0.29, 0.717) is 49.0 Å². The van der Waals surface area contributed by atoms with Crippen molar-refractivity contribution >= 4 is 45.7 Å². The number of hydrogen-bond donors (Lipinski definition) is 3. The summed E-state index contributed by atoms with van der Waals surface area (Å²) in [6.45, 7) is 4.08. The number of guanidine groups is 1. The lowest BCUT2D eigenvalue weighted by atomic mass is 10.1. The minimum Gasteiger partial charge on any atom is -0.357 e. The number of halogens is 2. The molecular weight excluding hydrogens is 546 g/mol. The lowest BCUT2D eigenvalue weighted by Crippen LogP contribution is -2.41. The molecule has 2 rings (SSSR count). The molecule has 0 fully saturated rings. The van der Waals surface area contributed by atoms with Gasteiger partial charge in [0.15, 0.2) is 15.8 Å². The van der Waals surface area contributed by atoms with Crippen LogP contribution in [0.5, 0.6) is 0 Å². The first kappa shape index (κ1) is 27.8. The highest BCUT2D eigenvalue weighted by Gasteiger charge is 2.06. The molecule has 1 amide bonds. The number of nitrogens with zero attached hydrogens (tertiary/aromatic N) is 1. The van der Waals surface area contributed by atoms with E-state index in [9.17, 15) is 17.6 Å². The highest BCUT2D eigenvalue weighted by atomic mass is 127. The Balaban J connectivity index is 0.00000512. The molecule has 0 saturated carbocycles. The van der Waals surface area contributed by atoms with Crippen molar-refractivity contribution in [3.05, 3.63) is 65.5 Å². The smallest absolute Gasteiger partial charge is 0.224 e. The van der Waals surface area contributed by atoms with Crippen molar-refractivity contribution in [1.29, 1.82) is 0 Å². The van der Waals surface area contributed by atoms with E-state index < -0.39 is 9.84 Å². The molecule has 0 radical (unpaired) electrons. The lowest BCUT2D eigenvalue weighted by Gasteiger charge is -2.12. The second-order valence-corrected chi connectivity index (χ2v) is 9.03. The molecule has 2 aromatic rings. The molecule has 10 heteroatoms. The summed E-state index contributed by atoms with van der Waals surface area (Å²) in [5.41, 5.74) is 1.63. The van der Waals surface area contributed by atoms with Crippen molar-refractivity contribution in [3.8, 4) is 0 Å². The van der Waals surface area contributed by atoms with E-state index in [4.69, 9.17) is 0 Å². The molecule has 0 heterocycles. The Morgan fingerprint density at radius 3 is 2.31 bits per heavy atom. The Labute approximate surface area is 206 Å². The van der Waals surface area contributed by atoms with Gasteiger partial charge in [-0.3, -0.25) is 9.79 Å². The molecule has 0 saturated heterocycles. The van der Waals surface area contributed by atoms with Gasteiger partial charge in [-0.15, -0.1) is 24.0 Å². The highest BCUT2D eigenvalue weighted by molar-refractivity contribution is 14.0. The van der Waals surface area contributed by atoms with Crippen molar-refractivity contribution in [2.45, 2.75) is 24.7 Å². The van der Waals surface area contributed by atoms with Gasteiger partial charge in [0.2, 0.25) is 5.91 Å². The Kier molecular flexibility index (Phi) is 12.2. The summed E-state index contributed by atoms with van der Waals surface area (Å²) in [5, 5.41) is 9.08. The number of carbonyl (C=O) groups excluding carboxylic acids is 1. The van der Waals surface area contributed by atoms with Crippen molar-refractivity contribution in [3.63, 3.8) is 0 Å². The predicted molar refractivity (Wildman–Crippen MR) is 136 cm³/mol. The topological polar surface area (TPSA) is 99.7 Å². The molecule has 7 nitrogen and oxygen atoms in total. The maximum atomic E-state index is 13.2. The molecule has 0 bridgehead atoms. The van der Waals surface area contributed by atoms with Crippen LogP contribution >= 0.6 is 24.0 Å². The van der Waals surface area contributed by atoms with E-state index in [2.05, 4.69) is 20.9 Å². The maximum absolute atomic E-state index is 13.2. The molecule has 2 aromatic carbocycles.